The predicted molar refractivity (Wildman–Crippen MR) is 180 cm³/mol. The van der Waals surface area contributed by atoms with Gasteiger partial charge in [0.05, 0.1) is 12.1 Å². The third-order valence-electron chi connectivity index (χ3n) is 7.82. The van der Waals surface area contributed by atoms with Crippen LogP contribution in [-0.4, -0.2) is 50.3 Å². The van der Waals surface area contributed by atoms with Crippen LogP contribution in [0.1, 0.15) is 30.7 Å². The molecule has 11 heteroatoms. The van der Waals surface area contributed by atoms with Gasteiger partial charge in [0, 0.05) is 65.9 Å². The third kappa shape index (κ3) is 6.14. The van der Waals surface area contributed by atoms with Crippen molar-refractivity contribution in [2.45, 2.75) is 36.4 Å². The Morgan fingerprint density at radius 3 is 2.64 bits per heavy atom. The molecule has 1 atom stereocenters. The summed E-state index contributed by atoms with van der Waals surface area (Å²) in [5.41, 5.74) is 6.97. The Hall–Kier alpha value is -4.03. The maximum absolute atomic E-state index is 14.0. The average molecular weight is 626 g/mol. The molecule has 5 aromatic rings. The van der Waals surface area contributed by atoms with Gasteiger partial charge in [0.15, 0.2) is 4.90 Å². The quantitative estimate of drug-likeness (QED) is 0.204. The van der Waals surface area contributed by atoms with Gasteiger partial charge < -0.3 is 20.1 Å². The van der Waals surface area contributed by atoms with Crippen LogP contribution in [0.2, 0.25) is 0 Å². The van der Waals surface area contributed by atoms with Crippen molar-refractivity contribution >= 4 is 56.4 Å². The third-order valence-corrected chi connectivity index (χ3v) is 10.5. The number of aromatic nitrogens is 4. The van der Waals surface area contributed by atoms with Gasteiger partial charge in [-0.3, -0.25) is 9.36 Å². The molecule has 1 aliphatic heterocycles. The minimum absolute atomic E-state index is 0.0725. The first-order valence-electron chi connectivity index (χ1n) is 14.6. The van der Waals surface area contributed by atoms with Crippen molar-refractivity contribution in [2.24, 2.45) is 5.92 Å². The fraction of sp³-hybridized carbons (Fsp3) is 0.273. The minimum Gasteiger partial charge on any atom is -0.606 e. The normalized spacial score (nSPS) is 14.2. The van der Waals surface area contributed by atoms with Crippen LogP contribution in [0.4, 0.5) is 17.3 Å². The van der Waals surface area contributed by atoms with Crippen LogP contribution >= 0.6 is 11.3 Å². The monoisotopic (exact) mass is 625 g/mol. The SMILES string of the molecule is C=C(c1cc2cnc(Nc3ccc(N4CCNCC4)c(C)c3)nc2n(Cc2ncsc2[S+]([O-])c2ccccc2)c1=O)C(C)C. The first-order valence-corrected chi connectivity index (χ1v) is 16.7. The van der Waals surface area contributed by atoms with E-state index in [1.165, 1.54) is 17.0 Å². The summed E-state index contributed by atoms with van der Waals surface area (Å²) >= 11 is -0.109. The summed E-state index contributed by atoms with van der Waals surface area (Å²) < 4.78 is 15.7. The van der Waals surface area contributed by atoms with Crippen molar-refractivity contribution in [2.75, 3.05) is 36.4 Å². The molecule has 44 heavy (non-hydrogen) atoms. The highest BCUT2D eigenvalue weighted by atomic mass is 32.2. The number of nitrogens with zero attached hydrogens (tertiary/aromatic N) is 5. The van der Waals surface area contributed by atoms with Gasteiger partial charge in [-0.05, 0) is 60.4 Å². The lowest BCUT2D eigenvalue weighted by Gasteiger charge is -2.30. The number of piperazine rings is 1. The van der Waals surface area contributed by atoms with Gasteiger partial charge in [-0.15, -0.1) is 0 Å². The molecule has 1 unspecified atom stereocenters. The molecule has 0 bridgehead atoms. The van der Waals surface area contributed by atoms with Gasteiger partial charge in [0.2, 0.25) is 10.2 Å². The number of thiazole rings is 1. The molecule has 1 saturated heterocycles. The number of benzene rings is 2. The Kier molecular flexibility index (Phi) is 8.81. The van der Waals surface area contributed by atoms with Crippen molar-refractivity contribution < 1.29 is 4.55 Å². The topological polar surface area (TPSA) is 111 Å². The summed E-state index contributed by atoms with van der Waals surface area (Å²) in [6.45, 7) is 14.3. The Morgan fingerprint density at radius 2 is 1.91 bits per heavy atom. The van der Waals surface area contributed by atoms with E-state index >= 15 is 0 Å². The highest BCUT2D eigenvalue weighted by molar-refractivity contribution is 7.93. The lowest BCUT2D eigenvalue weighted by molar-refractivity contribution is 0.588. The molecule has 0 spiro atoms. The standard InChI is InChI=1S/C33H35N7O2S2/c1-21(2)23(4)27-17-24-18-35-33(37-25-10-11-29(22(3)16-25)39-14-12-34-13-15-39)38-30(24)40(31(27)41)19-28-32(43-20-36-28)44(42)26-8-6-5-7-9-26/h5-11,16-18,20-21,34H,4,12-15,19H2,1-3H3,(H,35,37,38). The first kappa shape index (κ1) is 30.0. The lowest BCUT2D eigenvalue weighted by Crippen LogP contribution is -2.43. The predicted octanol–water partition coefficient (Wildman–Crippen LogP) is 5.59. The van der Waals surface area contributed by atoms with Crippen LogP contribution in [-0.2, 0) is 17.7 Å². The van der Waals surface area contributed by atoms with E-state index in [1.54, 1.807) is 16.3 Å². The second kappa shape index (κ2) is 12.9. The van der Waals surface area contributed by atoms with Crippen molar-refractivity contribution in [3.63, 3.8) is 0 Å². The zero-order valence-electron chi connectivity index (χ0n) is 25.0. The molecule has 6 rings (SSSR count). The summed E-state index contributed by atoms with van der Waals surface area (Å²) in [6.07, 6.45) is 1.73. The largest absolute Gasteiger partial charge is 0.606 e. The number of hydrogen-bond acceptors (Lipinski definition) is 9. The molecule has 0 amide bonds. The van der Waals surface area contributed by atoms with Gasteiger partial charge in [-0.1, -0.05) is 50.0 Å². The van der Waals surface area contributed by atoms with Crippen molar-refractivity contribution in [3.8, 4) is 0 Å². The average Bonchev–Trinajstić information content (AvgIpc) is 3.51. The van der Waals surface area contributed by atoms with E-state index < -0.39 is 11.2 Å². The van der Waals surface area contributed by atoms with Crippen LogP contribution in [0.15, 0.2) is 86.8 Å². The van der Waals surface area contributed by atoms with Gasteiger partial charge in [-0.2, -0.15) is 4.98 Å². The van der Waals surface area contributed by atoms with Gasteiger partial charge in [0.1, 0.15) is 11.3 Å². The van der Waals surface area contributed by atoms with E-state index in [4.69, 9.17) is 4.98 Å². The number of pyridine rings is 1. The fourth-order valence-corrected chi connectivity index (χ4v) is 7.59. The number of allylic oxidation sites excluding steroid dienone is 1. The molecule has 226 valence electrons. The Labute approximate surface area is 263 Å². The Bertz CT molecular complexity index is 1860. The highest BCUT2D eigenvalue weighted by Crippen LogP contribution is 2.30. The van der Waals surface area contributed by atoms with Crippen LogP contribution in [0.25, 0.3) is 16.6 Å². The van der Waals surface area contributed by atoms with Crippen molar-refractivity contribution in [1.82, 2.24) is 24.8 Å². The summed E-state index contributed by atoms with van der Waals surface area (Å²) in [5.74, 6) is 0.449. The molecule has 9 nitrogen and oxygen atoms in total. The fourth-order valence-electron chi connectivity index (χ4n) is 5.35. The van der Waals surface area contributed by atoms with Gasteiger partial charge >= 0.3 is 0 Å². The van der Waals surface area contributed by atoms with E-state index in [2.05, 4.69) is 51.1 Å². The molecule has 2 aromatic carbocycles. The molecule has 0 aliphatic carbocycles. The molecular weight excluding hydrogens is 591 g/mol. The van der Waals surface area contributed by atoms with E-state index in [1.807, 2.05) is 56.3 Å². The Balaban J connectivity index is 1.38. The van der Waals surface area contributed by atoms with Crippen LogP contribution in [0.3, 0.4) is 0 Å². The maximum atomic E-state index is 14.0. The molecule has 1 fully saturated rings. The number of hydrogen-bond donors (Lipinski definition) is 2. The van der Waals surface area contributed by atoms with Crippen molar-refractivity contribution in [3.05, 3.63) is 100 Å². The maximum Gasteiger partial charge on any atom is 0.260 e. The second-order valence-electron chi connectivity index (χ2n) is 11.1. The number of rotatable bonds is 9. The van der Waals surface area contributed by atoms with Crippen LogP contribution < -0.4 is 21.1 Å². The van der Waals surface area contributed by atoms with Crippen molar-refractivity contribution in [1.29, 1.82) is 0 Å². The van der Waals surface area contributed by atoms with E-state index in [-0.39, 0.29) is 18.0 Å². The van der Waals surface area contributed by atoms with E-state index in [0.717, 1.165) is 43.0 Å². The molecule has 0 saturated carbocycles. The van der Waals surface area contributed by atoms with Gasteiger partial charge in [-0.25, -0.2) is 9.97 Å². The number of anilines is 3. The zero-order chi connectivity index (χ0) is 30.8. The molecular formula is C33H35N7O2S2. The number of fused-ring (bicyclic) bond motifs is 1. The summed E-state index contributed by atoms with van der Waals surface area (Å²) in [4.78, 5) is 31.1. The lowest BCUT2D eigenvalue weighted by atomic mass is 9.97. The van der Waals surface area contributed by atoms with Crippen LogP contribution in [0.5, 0.6) is 0 Å². The molecule has 3 aromatic heterocycles. The number of aryl methyl sites for hydroxylation is 1. The minimum atomic E-state index is -1.43. The van der Waals surface area contributed by atoms with Crippen LogP contribution in [0, 0.1) is 12.8 Å². The Morgan fingerprint density at radius 1 is 1.14 bits per heavy atom. The van der Waals surface area contributed by atoms with E-state index in [9.17, 15) is 9.35 Å². The molecule has 2 N–H and O–H groups in total. The number of nitrogens with one attached hydrogen (secondary N) is 2. The molecule has 1 aliphatic rings. The highest BCUT2D eigenvalue weighted by Gasteiger charge is 2.25. The van der Waals surface area contributed by atoms with E-state index in [0.29, 0.717) is 37.3 Å². The van der Waals surface area contributed by atoms with Gasteiger partial charge in [0.25, 0.3) is 5.56 Å². The first-order chi connectivity index (χ1) is 21.3. The smallest absolute Gasteiger partial charge is 0.260 e. The summed E-state index contributed by atoms with van der Waals surface area (Å²) in [6, 6.07) is 17.3. The molecule has 0 radical (unpaired) electrons. The summed E-state index contributed by atoms with van der Waals surface area (Å²) in [5, 5.41) is 7.44. The zero-order valence-corrected chi connectivity index (χ0v) is 26.7. The second-order valence-corrected chi connectivity index (χ2v) is 13.7. The summed E-state index contributed by atoms with van der Waals surface area (Å²) in [7, 11) is 0. The molecule has 4 heterocycles.